The van der Waals surface area contributed by atoms with E-state index in [9.17, 15) is 14.3 Å². The molecule has 1 aliphatic heterocycles. The fourth-order valence-corrected chi connectivity index (χ4v) is 2.53. The van der Waals surface area contributed by atoms with Crippen molar-refractivity contribution in [2.24, 2.45) is 0 Å². The van der Waals surface area contributed by atoms with E-state index in [1.165, 1.54) is 0 Å². The van der Waals surface area contributed by atoms with Crippen molar-refractivity contribution in [2.75, 3.05) is 6.61 Å². The smallest absolute Gasteiger partial charge is 0.279 e. The molecule has 2 aromatic rings. The van der Waals surface area contributed by atoms with Gasteiger partial charge in [-0.3, -0.25) is 9.36 Å². The second-order valence-electron chi connectivity index (χ2n) is 5.04. The Morgan fingerprint density at radius 1 is 1.68 bits per heavy atom. The second-order valence-corrected chi connectivity index (χ2v) is 5.04. The molecule has 4 atom stereocenters. The Balaban J connectivity index is 2.19. The maximum Gasteiger partial charge on any atom is 0.279 e. The maximum absolute atomic E-state index is 14.9. The summed E-state index contributed by atoms with van der Waals surface area (Å²) in [6, 6.07) is 0. The minimum atomic E-state index is -2.58. The largest absolute Gasteiger partial charge is 0.394 e. The van der Waals surface area contributed by atoms with E-state index >= 15 is 0 Å². The van der Waals surface area contributed by atoms with Gasteiger partial charge in [-0.25, -0.2) is 14.4 Å². The van der Waals surface area contributed by atoms with Gasteiger partial charge in [-0.1, -0.05) is 5.92 Å². The van der Waals surface area contributed by atoms with E-state index in [0.29, 0.717) is 5.82 Å². The number of halogens is 1. The van der Waals surface area contributed by atoms with Crippen LogP contribution in [-0.4, -0.2) is 54.2 Å². The van der Waals surface area contributed by atoms with Crippen LogP contribution >= 0.6 is 0 Å². The van der Waals surface area contributed by atoms with Crippen molar-refractivity contribution in [3.63, 3.8) is 0 Å². The maximum atomic E-state index is 14.9. The summed E-state index contributed by atoms with van der Waals surface area (Å²) in [5, 5.41) is 19.1. The van der Waals surface area contributed by atoms with Crippen molar-refractivity contribution in [3.05, 3.63) is 22.5 Å². The van der Waals surface area contributed by atoms with E-state index in [1.807, 2.05) is 5.92 Å². The van der Waals surface area contributed by atoms with Crippen molar-refractivity contribution in [3.8, 4) is 12.3 Å². The van der Waals surface area contributed by atoms with E-state index in [-0.39, 0.29) is 11.2 Å². The van der Waals surface area contributed by atoms with Crippen LogP contribution in [0.1, 0.15) is 12.1 Å². The fourth-order valence-electron chi connectivity index (χ4n) is 2.53. The highest BCUT2D eigenvalue weighted by Crippen LogP contribution is 2.41. The molecule has 8 nitrogen and oxygen atoms in total. The number of aliphatic hydroxyl groups is 2. The van der Waals surface area contributed by atoms with Crippen LogP contribution in [-0.2, 0) is 4.74 Å². The predicted molar refractivity (Wildman–Crippen MR) is 72.6 cm³/mol. The molecule has 0 radical (unpaired) electrons. The lowest BCUT2D eigenvalue weighted by Gasteiger charge is -2.23. The number of aliphatic hydroxyl groups excluding tert-OH is 2. The summed E-state index contributed by atoms with van der Waals surface area (Å²) in [6.45, 7) is 0.952. The number of terminal acetylenes is 1. The summed E-state index contributed by atoms with van der Waals surface area (Å²) in [7, 11) is 0. The van der Waals surface area contributed by atoms with Gasteiger partial charge in [0.2, 0.25) is 5.67 Å². The summed E-state index contributed by atoms with van der Waals surface area (Å²) in [5.41, 5.74) is -2.99. The van der Waals surface area contributed by atoms with Crippen LogP contribution in [0.4, 0.5) is 4.39 Å². The molecule has 1 saturated heterocycles. The molecule has 0 bridgehead atoms. The highest BCUT2D eigenvalue weighted by atomic mass is 19.1. The first kappa shape index (κ1) is 14.6. The van der Waals surface area contributed by atoms with Crippen LogP contribution in [0.5, 0.6) is 0 Å². The number of rotatable bonds is 2. The Kier molecular flexibility index (Phi) is 3.25. The van der Waals surface area contributed by atoms with Crippen LogP contribution in [0.2, 0.25) is 0 Å². The number of alkyl halides is 1. The zero-order valence-electron chi connectivity index (χ0n) is 11.5. The third-order valence-corrected chi connectivity index (χ3v) is 3.65. The third kappa shape index (κ3) is 1.85. The van der Waals surface area contributed by atoms with Gasteiger partial charge in [-0.05, 0) is 6.92 Å². The SMILES string of the molecule is C#C[C@@]1(F)[C@H](O)[C@@H](CO)O[C@H]1n1cnc2c(=O)[nH]c(C)nc21. The van der Waals surface area contributed by atoms with Gasteiger partial charge < -0.3 is 19.9 Å². The summed E-state index contributed by atoms with van der Waals surface area (Å²) in [4.78, 5) is 22.3. The van der Waals surface area contributed by atoms with Crippen LogP contribution in [0.15, 0.2) is 11.1 Å². The van der Waals surface area contributed by atoms with Crippen LogP contribution < -0.4 is 5.56 Å². The predicted octanol–water partition coefficient (Wildman–Crippen LogP) is -0.980. The molecule has 2 aromatic heterocycles. The number of aryl methyl sites for hydroxylation is 1. The number of fused-ring (bicyclic) bond motifs is 1. The molecule has 22 heavy (non-hydrogen) atoms. The Morgan fingerprint density at radius 2 is 2.41 bits per heavy atom. The first-order chi connectivity index (χ1) is 10.4. The number of aromatic amines is 1. The number of ether oxygens (including phenoxy) is 1. The highest BCUT2D eigenvalue weighted by molar-refractivity contribution is 5.69. The molecular weight excluding hydrogens is 295 g/mol. The van der Waals surface area contributed by atoms with Crippen LogP contribution in [0.25, 0.3) is 11.2 Å². The molecule has 116 valence electrons. The average molecular weight is 308 g/mol. The van der Waals surface area contributed by atoms with Crippen molar-refractivity contribution in [1.82, 2.24) is 19.5 Å². The topological polar surface area (TPSA) is 113 Å². The first-order valence-electron chi connectivity index (χ1n) is 6.47. The zero-order valence-corrected chi connectivity index (χ0v) is 11.5. The van der Waals surface area contributed by atoms with Gasteiger partial charge in [0.05, 0.1) is 12.9 Å². The zero-order chi connectivity index (χ0) is 16.1. The van der Waals surface area contributed by atoms with E-state index in [1.54, 1.807) is 6.92 Å². The summed E-state index contributed by atoms with van der Waals surface area (Å²) in [6.07, 6.45) is 2.01. The van der Waals surface area contributed by atoms with Crippen molar-refractivity contribution in [2.45, 2.75) is 31.0 Å². The number of H-pyrrole nitrogens is 1. The molecule has 3 N–H and O–H groups in total. The molecule has 0 aliphatic carbocycles. The molecular formula is C13H13FN4O4. The average Bonchev–Trinajstić information content (AvgIpc) is 3.00. The molecule has 0 saturated carbocycles. The molecule has 3 rings (SSSR count). The fraction of sp³-hybridized carbons (Fsp3) is 0.462. The van der Waals surface area contributed by atoms with Crippen molar-refractivity contribution >= 4 is 11.2 Å². The van der Waals surface area contributed by atoms with Crippen LogP contribution in [0.3, 0.4) is 0 Å². The number of nitrogens with zero attached hydrogens (tertiary/aromatic N) is 3. The van der Waals surface area contributed by atoms with Crippen LogP contribution in [0, 0.1) is 19.3 Å². The normalized spacial score (nSPS) is 31.5. The van der Waals surface area contributed by atoms with Gasteiger partial charge >= 0.3 is 0 Å². The molecule has 0 unspecified atom stereocenters. The monoisotopic (exact) mass is 308 g/mol. The Hall–Kier alpha value is -2.28. The number of nitrogens with one attached hydrogen (secondary N) is 1. The molecule has 1 aliphatic rings. The van der Waals surface area contributed by atoms with Gasteiger partial charge in [0.25, 0.3) is 5.56 Å². The van der Waals surface area contributed by atoms with E-state index in [2.05, 4.69) is 15.0 Å². The summed E-state index contributed by atoms with van der Waals surface area (Å²) < 4.78 is 21.4. The summed E-state index contributed by atoms with van der Waals surface area (Å²) in [5.74, 6) is 2.18. The molecule has 0 aromatic carbocycles. The second kappa shape index (κ2) is 4.88. The van der Waals surface area contributed by atoms with Gasteiger partial charge in [0.15, 0.2) is 17.4 Å². The summed E-state index contributed by atoms with van der Waals surface area (Å²) >= 11 is 0. The molecule has 9 heteroatoms. The number of aromatic nitrogens is 4. The number of hydrogen-bond acceptors (Lipinski definition) is 6. The molecule has 0 spiro atoms. The van der Waals surface area contributed by atoms with Crippen molar-refractivity contribution in [1.29, 1.82) is 0 Å². The highest BCUT2D eigenvalue weighted by Gasteiger charge is 2.57. The number of hydrogen-bond donors (Lipinski definition) is 3. The number of imidazole rings is 1. The Morgan fingerprint density at radius 3 is 3.05 bits per heavy atom. The van der Waals surface area contributed by atoms with Gasteiger partial charge in [-0.15, -0.1) is 6.42 Å². The van der Waals surface area contributed by atoms with E-state index in [0.717, 1.165) is 10.9 Å². The quantitative estimate of drug-likeness (QED) is 0.615. The van der Waals surface area contributed by atoms with Gasteiger partial charge in [0.1, 0.15) is 18.0 Å². The molecule has 0 amide bonds. The lowest BCUT2D eigenvalue weighted by atomic mass is 9.97. The third-order valence-electron chi connectivity index (χ3n) is 3.65. The minimum Gasteiger partial charge on any atom is -0.394 e. The molecule has 3 heterocycles. The minimum absolute atomic E-state index is 0.00416. The van der Waals surface area contributed by atoms with Gasteiger partial charge in [-0.2, -0.15) is 0 Å². The Labute approximate surface area is 123 Å². The Bertz CT molecular complexity index is 826. The lowest BCUT2D eigenvalue weighted by Crippen LogP contribution is -2.42. The first-order valence-corrected chi connectivity index (χ1v) is 6.47. The van der Waals surface area contributed by atoms with E-state index < -0.39 is 36.3 Å². The van der Waals surface area contributed by atoms with E-state index in [4.69, 9.17) is 16.3 Å². The lowest BCUT2D eigenvalue weighted by molar-refractivity contribution is -0.0504. The molecule has 1 fully saturated rings. The standard InChI is InChI=1S/C13H13FN4O4/c1-3-13(14)9(20)7(4-19)22-12(13)18-5-15-8-10(18)16-6(2)17-11(8)21/h1,5,7,9,12,19-20H,4H2,2H3,(H,16,17,21)/t7-,9-,12-,13-/m1/s1. The van der Waals surface area contributed by atoms with Gasteiger partial charge in [0, 0.05) is 0 Å². The van der Waals surface area contributed by atoms with Crippen molar-refractivity contribution < 1.29 is 19.3 Å².